The third kappa shape index (κ3) is 2.32. The summed E-state index contributed by atoms with van der Waals surface area (Å²) in [5.74, 6) is 0. The van der Waals surface area contributed by atoms with E-state index in [1.165, 1.54) is 0 Å². The molecule has 5 nitrogen and oxygen atoms in total. The molecule has 3 unspecified atom stereocenters. The first-order valence-electron chi connectivity index (χ1n) is 6.91. The van der Waals surface area contributed by atoms with Crippen LogP contribution in [-0.2, 0) is 14.8 Å². The van der Waals surface area contributed by atoms with Crippen molar-refractivity contribution in [3.63, 3.8) is 0 Å². The molecular formula is C14H20N2O3S. The number of anilines is 1. The maximum Gasteiger partial charge on any atom is 0.241 e. The molecule has 2 fully saturated rings. The van der Waals surface area contributed by atoms with Crippen molar-refractivity contribution in [2.45, 2.75) is 56.3 Å². The summed E-state index contributed by atoms with van der Waals surface area (Å²) in [4.78, 5) is 0.276. The molecule has 0 aliphatic carbocycles. The fourth-order valence-electron chi connectivity index (χ4n) is 3.16. The Labute approximate surface area is 119 Å². The van der Waals surface area contributed by atoms with Crippen molar-refractivity contribution in [2.24, 2.45) is 0 Å². The van der Waals surface area contributed by atoms with E-state index in [0.29, 0.717) is 11.3 Å². The van der Waals surface area contributed by atoms with E-state index in [9.17, 15) is 8.42 Å². The van der Waals surface area contributed by atoms with E-state index in [1.54, 1.807) is 19.1 Å². The summed E-state index contributed by atoms with van der Waals surface area (Å²) in [6, 6.07) is 3.34. The second kappa shape index (κ2) is 4.72. The van der Waals surface area contributed by atoms with Gasteiger partial charge in [-0.2, -0.15) is 0 Å². The third-order valence-corrected chi connectivity index (χ3v) is 5.86. The van der Waals surface area contributed by atoms with E-state index in [1.807, 2.05) is 6.92 Å². The average molecular weight is 296 g/mol. The normalized spacial score (nSPS) is 29.0. The summed E-state index contributed by atoms with van der Waals surface area (Å²) in [6.07, 6.45) is 2.99. The minimum absolute atomic E-state index is 0.0252. The van der Waals surface area contributed by atoms with Gasteiger partial charge in [0.15, 0.2) is 0 Å². The van der Waals surface area contributed by atoms with Gasteiger partial charge in [0.2, 0.25) is 10.0 Å². The quantitative estimate of drug-likeness (QED) is 0.828. The summed E-state index contributed by atoms with van der Waals surface area (Å²) in [6.45, 7) is 3.58. The standard InChI is InChI=1S/C14H20N2O3S/c1-8-5-11(15)9(2)14(6-8)20(17,18)16-12-7-10-3-4-13(12)19-10/h5-6,10,12-13,16H,3-4,7,15H2,1-2H3. The number of nitrogens with two attached hydrogens (primary N) is 1. The fraction of sp³-hybridized carbons (Fsp3) is 0.571. The Morgan fingerprint density at radius 2 is 2.05 bits per heavy atom. The Morgan fingerprint density at radius 1 is 1.30 bits per heavy atom. The second-order valence-corrected chi connectivity index (χ2v) is 7.50. The van der Waals surface area contributed by atoms with Gasteiger partial charge >= 0.3 is 0 Å². The Kier molecular flexibility index (Phi) is 3.27. The first-order chi connectivity index (χ1) is 9.37. The van der Waals surface area contributed by atoms with Gasteiger partial charge in [0, 0.05) is 5.69 Å². The predicted molar refractivity (Wildman–Crippen MR) is 76.9 cm³/mol. The molecule has 6 heteroatoms. The van der Waals surface area contributed by atoms with Gasteiger partial charge in [-0.1, -0.05) is 0 Å². The molecule has 0 saturated carbocycles. The van der Waals surface area contributed by atoms with E-state index < -0.39 is 10.0 Å². The van der Waals surface area contributed by atoms with Crippen LogP contribution in [0, 0.1) is 13.8 Å². The first-order valence-corrected chi connectivity index (χ1v) is 8.39. The highest BCUT2D eigenvalue weighted by atomic mass is 32.2. The van der Waals surface area contributed by atoms with E-state index >= 15 is 0 Å². The molecule has 0 spiro atoms. The largest absolute Gasteiger partial charge is 0.398 e. The van der Waals surface area contributed by atoms with Gasteiger partial charge in [0.05, 0.1) is 23.1 Å². The lowest BCUT2D eigenvalue weighted by Gasteiger charge is -2.21. The van der Waals surface area contributed by atoms with Crippen molar-refractivity contribution in [2.75, 3.05) is 5.73 Å². The maximum atomic E-state index is 12.6. The minimum Gasteiger partial charge on any atom is -0.398 e. The van der Waals surface area contributed by atoms with Crippen LogP contribution < -0.4 is 10.5 Å². The van der Waals surface area contributed by atoms with E-state index in [0.717, 1.165) is 24.8 Å². The van der Waals surface area contributed by atoms with E-state index in [2.05, 4.69) is 4.72 Å². The Balaban J connectivity index is 1.89. The van der Waals surface area contributed by atoms with Gasteiger partial charge in [-0.3, -0.25) is 0 Å². The Hall–Kier alpha value is -1.11. The van der Waals surface area contributed by atoms with Crippen LogP contribution >= 0.6 is 0 Å². The molecule has 1 aromatic rings. The van der Waals surface area contributed by atoms with Gasteiger partial charge in [0.1, 0.15) is 0 Å². The number of benzene rings is 1. The van der Waals surface area contributed by atoms with Gasteiger partial charge in [-0.25, -0.2) is 13.1 Å². The average Bonchev–Trinajstić information content (AvgIpc) is 2.95. The number of nitrogen functional groups attached to an aromatic ring is 1. The monoisotopic (exact) mass is 296 g/mol. The lowest BCUT2D eigenvalue weighted by Crippen LogP contribution is -2.41. The molecule has 110 valence electrons. The van der Waals surface area contributed by atoms with Crippen LogP contribution in [0.2, 0.25) is 0 Å². The molecule has 1 aromatic carbocycles. The van der Waals surface area contributed by atoms with Crippen LogP contribution in [0.25, 0.3) is 0 Å². The second-order valence-electron chi connectivity index (χ2n) is 5.81. The van der Waals surface area contributed by atoms with Gasteiger partial charge < -0.3 is 10.5 Å². The van der Waals surface area contributed by atoms with E-state index in [-0.39, 0.29) is 23.1 Å². The molecule has 0 amide bonds. The zero-order valence-corrected chi connectivity index (χ0v) is 12.5. The molecular weight excluding hydrogens is 276 g/mol. The van der Waals surface area contributed by atoms with Crippen LogP contribution in [0.5, 0.6) is 0 Å². The molecule has 3 atom stereocenters. The van der Waals surface area contributed by atoms with Crippen LogP contribution in [0.15, 0.2) is 17.0 Å². The molecule has 3 N–H and O–H groups in total. The number of ether oxygens (including phenoxy) is 1. The Bertz CT molecular complexity index is 642. The maximum absolute atomic E-state index is 12.6. The first kappa shape index (κ1) is 13.9. The number of nitrogens with one attached hydrogen (secondary N) is 1. The van der Waals surface area contributed by atoms with Crippen LogP contribution in [0.3, 0.4) is 0 Å². The lowest BCUT2D eigenvalue weighted by molar-refractivity contribution is 0.0996. The molecule has 2 aliphatic heterocycles. The number of hydrogen-bond donors (Lipinski definition) is 2. The topological polar surface area (TPSA) is 81.4 Å². The van der Waals surface area contributed by atoms with Crippen molar-refractivity contribution in [3.05, 3.63) is 23.3 Å². The van der Waals surface area contributed by atoms with Gasteiger partial charge in [-0.15, -0.1) is 0 Å². The molecule has 0 radical (unpaired) electrons. The van der Waals surface area contributed by atoms with Crippen molar-refractivity contribution < 1.29 is 13.2 Å². The molecule has 2 aliphatic rings. The zero-order chi connectivity index (χ0) is 14.5. The summed E-state index contributed by atoms with van der Waals surface area (Å²) >= 11 is 0. The smallest absolute Gasteiger partial charge is 0.241 e. The highest BCUT2D eigenvalue weighted by Gasteiger charge is 2.42. The lowest BCUT2D eigenvalue weighted by atomic mass is 9.96. The third-order valence-electron chi connectivity index (χ3n) is 4.25. The number of rotatable bonds is 3. The predicted octanol–water partition coefficient (Wildman–Crippen LogP) is 1.48. The SMILES string of the molecule is Cc1cc(N)c(C)c(S(=O)(=O)NC2CC3CCC2O3)c1. The fourth-order valence-corrected chi connectivity index (χ4v) is 4.79. The van der Waals surface area contributed by atoms with Crippen LogP contribution in [0.4, 0.5) is 5.69 Å². The Morgan fingerprint density at radius 3 is 2.65 bits per heavy atom. The summed E-state index contributed by atoms with van der Waals surface area (Å²) in [7, 11) is -3.55. The van der Waals surface area contributed by atoms with Crippen molar-refractivity contribution in [1.82, 2.24) is 4.72 Å². The molecule has 2 bridgehead atoms. The highest BCUT2D eigenvalue weighted by Crippen LogP contribution is 2.35. The number of hydrogen-bond acceptors (Lipinski definition) is 4. The molecule has 20 heavy (non-hydrogen) atoms. The van der Waals surface area contributed by atoms with Crippen LogP contribution in [-0.4, -0.2) is 26.7 Å². The molecule has 3 rings (SSSR count). The molecule has 2 saturated heterocycles. The highest BCUT2D eigenvalue weighted by molar-refractivity contribution is 7.89. The summed E-state index contributed by atoms with van der Waals surface area (Å²) in [5, 5.41) is 0. The zero-order valence-electron chi connectivity index (χ0n) is 11.7. The van der Waals surface area contributed by atoms with Crippen molar-refractivity contribution >= 4 is 15.7 Å². The number of aryl methyl sites for hydroxylation is 1. The minimum atomic E-state index is -3.55. The van der Waals surface area contributed by atoms with Crippen molar-refractivity contribution in [3.8, 4) is 0 Å². The van der Waals surface area contributed by atoms with Crippen LogP contribution in [0.1, 0.15) is 30.4 Å². The van der Waals surface area contributed by atoms with Crippen molar-refractivity contribution in [1.29, 1.82) is 0 Å². The molecule has 0 aromatic heterocycles. The molecule has 2 heterocycles. The van der Waals surface area contributed by atoms with Gasteiger partial charge in [-0.05, 0) is 56.4 Å². The van der Waals surface area contributed by atoms with E-state index in [4.69, 9.17) is 10.5 Å². The summed E-state index contributed by atoms with van der Waals surface area (Å²) in [5.41, 5.74) is 7.83. The summed E-state index contributed by atoms with van der Waals surface area (Å²) < 4.78 is 33.6. The number of sulfonamides is 1. The van der Waals surface area contributed by atoms with Gasteiger partial charge in [0.25, 0.3) is 0 Å². The number of fused-ring (bicyclic) bond motifs is 2.